The van der Waals surface area contributed by atoms with E-state index in [-0.39, 0.29) is 0 Å². The first-order chi connectivity index (χ1) is 8.70. The van der Waals surface area contributed by atoms with E-state index in [1.54, 1.807) is 0 Å². The van der Waals surface area contributed by atoms with Crippen molar-refractivity contribution < 1.29 is 0 Å². The lowest BCUT2D eigenvalue weighted by atomic mass is 10.2. The third-order valence-corrected chi connectivity index (χ3v) is 3.36. The van der Waals surface area contributed by atoms with E-state index in [0.29, 0.717) is 0 Å². The predicted molar refractivity (Wildman–Crippen MR) is 78.0 cm³/mol. The summed E-state index contributed by atoms with van der Waals surface area (Å²) in [6.07, 6.45) is 3.14. The average molecular weight is 308 g/mol. The van der Waals surface area contributed by atoms with E-state index in [1.165, 1.54) is 5.56 Å². The zero-order valence-corrected chi connectivity index (χ0v) is 12.4. The van der Waals surface area contributed by atoms with Gasteiger partial charge in [-0.15, -0.1) is 0 Å². The van der Waals surface area contributed by atoms with Gasteiger partial charge in [0.05, 0.1) is 11.4 Å². The highest BCUT2D eigenvalue weighted by atomic mass is 79.9. The van der Waals surface area contributed by atoms with E-state index >= 15 is 0 Å². The zero-order chi connectivity index (χ0) is 13.0. The molecule has 1 N–H and O–H groups in total. The van der Waals surface area contributed by atoms with Gasteiger partial charge in [0.25, 0.3) is 0 Å². The van der Waals surface area contributed by atoms with Crippen molar-refractivity contribution in [3.05, 3.63) is 46.2 Å². The summed E-state index contributed by atoms with van der Waals surface area (Å²) in [4.78, 5) is 0. The van der Waals surface area contributed by atoms with Crippen LogP contribution in [0.2, 0.25) is 0 Å². The second-order valence-corrected chi connectivity index (χ2v) is 5.24. The fourth-order valence-electron chi connectivity index (χ4n) is 1.78. The van der Waals surface area contributed by atoms with Crippen LogP contribution in [0.4, 0.5) is 0 Å². The predicted octanol–water partition coefficient (Wildman–Crippen LogP) is 3.44. The summed E-state index contributed by atoms with van der Waals surface area (Å²) < 4.78 is 2.98. The fraction of sp³-hybridized carbons (Fsp3) is 0.357. The van der Waals surface area contributed by atoms with Crippen LogP contribution in [0.1, 0.15) is 24.6 Å². The lowest BCUT2D eigenvalue weighted by Crippen LogP contribution is -2.14. The van der Waals surface area contributed by atoms with Crippen LogP contribution < -0.4 is 5.32 Å². The number of hydrogen-bond donors (Lipinski definition) is 1. The summed E-state index contributed by atoms with van der Waals surface area (Å²) in [7, 11) is 0. The van der Waals surface area contributed by atoms with Crippen LogP contribution in [-0.2, 0) is 6.54 Å². The Labute approximate surface area is 116 Å². The second kappa shape index (κ2) is 6.16. The van der Waals surface area contributed by atoms with Crippen molar-refractivity contribution in [2.24, 2.45) is 0 Å². The number of nitrogens with zero attached hydrogens (tertiary/aromatic N) is 2. The maximum Gasteiger partial charge on any atom is 0.0787 e. The van der Waals surface area contributed by atoms with Gasteiger partial charge in [0, 0.05) is 17.2 Å². The molecule has 3 nitrogen and oxygen atoms in total. The standard InChI is InChI=1S/C14H18BrN3/c1-3-7-16-10-12-6-8-18(17-12)14-5-4-11(2)9-13(14)15/h4-6,8-9,16H,3,7,10H2,1-2H3. The maximum absolute atomic E-state index is 4.57. The monoisotopic (exact) mass is 307 g/mol. The van der Waals surface area contributed by atoms with Gasteiger partial charge in [-0.25, -0.2) is 4.68 Å². The molecule has 96 valence electrons. The van der Waals surface area contributed by atoms with E-state index in [4.69, 9.17) is 0 Å². The third-order valence-electron chi connectivity index (χ3n) is 2.73. The van der Waals surface area contributed by atoms with Gasteiger partial charge in [-0.2, -0.15) is 5.10 Å². The molecule has 0 saturated heterocycles. The highest BCUT2D eigenvalue weighted by molar-refractivity contribution is 9.10. The summed E-state index contributed by atoms with van der Waals surface area (Å²) >= 11 is 3.58. The van der Waals surface area contributed by atoms with Crippen LogP contribution in [0.25, 0.3) is 5.69 Å². The number of rotatable bonds is 5. The Kier molecular flexibility index (Phi) is 4.55. The van der Waals surface area contributed by atoms with Crippen molar-refractivity contribution in [1.29, 1.82) is 0 Å². The quantitative estimate of drug-likeness (QED) is 0.858. The largest absolute Gasteiger partial charge is 0.311 e. The smallest absolute Gasteiger partial charge is 0.0787 e. The highest BCUT2D eigenvalue weighted by Crippen LogP contribution is 2.21. The summed E-state index contributed by atoms with van der Waals surface area (Å²) in [5, 5.41) is 7.92. The van der Waals surface area contributed by atoms with Crippen molar-refractivity contribution in [1.82, 2.24) is 15.1 Å². The molecule has 1 heterocycles. The molecule has 0 unspecified atom stereocenters. The molecule has 0 radical (unpaired) electrons. The average Bonchev–Trinajstić information content (AvgIpc) is 2.78. The normalized spacial score (nSPS) is 10.8. The molecular weight excluding hydrogens is 290 g/mol. The molecule has 0 bridgehead atoms. The SMILES string of the molecule is CCCNCc1ccn(-c2ccc(C)cc2Br)n1. The number of benzene rings is 1. The maximum atomic E-state index is 4.57. The van der Waals surface area contributed by atoms with Crippen LogP contribution in [0.3, 0.4) is 0 Å². The summed E-state index contributed by atoms with van der Waals surface area (Å²) in [5.41, 5.74) is 3.38. The fourth-order valence-corrected chi connectivity index (χ4v) is 2.46. The minimum Gasteiger partial charge on any atom is -0.311 e. The van der Waals surface area contributed by atoms with Gasteiger partial charge in [0.15, 0.2) is 0 Å². The Morgan fingerprint density at radius 1 is 1.33 bits per heavy atom. The lowest BCUT2D eigenvalue weighted by Gasteiger charge is -2.05. The van der Waals surface area contributed by atoms with Gasteiger partial charge in [-0.05, 0) is 59.6 Å². The number of halogens is 1. The highest BCUT2D eigenvalue weighted by Gasteiger charge is 2.04. The molecule has 0 spiro atoms. The molecule has 0 aliphatic rings. The first-order valence-corrected chi connectivity index (χ1v) is 7.02. The number of aromatic nitrogens is 2. The number of nitrogens with one attached hydrogen (secondary N) is 1. The Morgan fingerprint density at radius 3 is 2.89 bits per heavy atom. The van der Waals surface area contributed by atoms with E-state index in [2.05, 4.69) is 64.5 Å². The summed E-state index contributed by atoms with van der Waals surface area (Å²) in [5.74, 6) is 0. The molecule has 0 fully saturated rings. The van der Waals surface area contributed by atoms with Crippen molar-refractivity contribution in [3.63, 3.8) is 0 Å². The van der Waals surface area contributed by atoms with Crippen LogP contribution in [0, 0.1) is 6.92 Å². The molecule has 0 saturated carbocycles. The Hall–Kier alpha value is -1.13. The van der Waals surface area contributed by atoms with Gasteiger partial charge in [-0.3, -0.25) is 0 Å². The summed E-state index contributed by atoms with van der Waals surface area (Å²) in [6.45, 7) is 6.10. The van der Waals surface area contributed by atoms with Gasteiger partial charge < -0.3 is 5.32 Å². The number of hydrogen-bond acceptors (Lipinski definition) is 2. The van der Waals surface area contributed by atoms with Crippen molar-refractivity contribution in [3.8, 4) is 5.69 Å². The Bertz CT molecular complexity index is 520. The van der Waals surface area contributed by atoms with Crippen molar-refractivity contribution in [2.45, 2.75) is 26.8 Å². The van der Waals surface area contributed by atoms with Crippen molar-refractivity contribution >= 4 is 15.9 Å². The Balaban J connectivity index is 2.13. The Morgan fingerprint density at radius 2 is 2.17 bits per heavy atom. The summed E-state index contributed by atoms with van der Waals surface area (Å²) in [6, 6.07) is 8.33. The topological polar surface area (TPSA) is 29.9 Å². The van der Waals surface area contributed by atoms with Crippen LogP contribution in [-0.4, -0.2) is 16.3 Å². The number of aryl methyl sites for hydroxylation is 1. The van der Waals surface area contributed by atoms with Gasteiger partial charge in [0.2, 0.25) is 0 Å². The molecule has 2 rings (SSSR count). The van der Waals surface area contributed by atoms with Gasteiger partial charge >= 0.3 is 0 Å². The van der Waals surface area contributed by atoms with E-state index < -0.39 is 0 Å². The molecular formula is C14H18BrN3. The van der Waals surface area contributed by atoms with Crippen LogP contribution >= 0.6 is 15.9 Å². The molecule has 4 heteroatoms. The molecule has 0 amide bonds. The minimum absolute atomic E-state index is 0.824. The lowest BCUT2D eigenvalue weighted by molar-refractivity contribution is 0.656. The first-order valence-electron chi connectivity index (χ1n) is 6.22. The molecule has 0 aliphatic carbocycles. The van der Waals surface area contributed by atoms with Gasteiger partial charge in [0.1, 0.15) is 0 Å². The van der Waals surface area contributed by atoms with Crippen molar-refractivity contribution in [2.75, 3.05) is 6.54 Å². The van der Waals surface area contributed by atoms with E-state index in [0.717, 1.165) is 35.4 Å². The van der Waals surface area contributed by atoms with E-state index in [1.807, 2.05) is 10.9 Å². The molecule has 1 aromatic carbocycles. The first kappa shape index (κ1) is 13.3. The minimum atomic E-state index is 0.824. The second-order valence-electron chi connectivity index (χ2n) is 4.38. The third kappa shape index (κ3) is 3.21. The molecule has 0 aliphatic heterocycles. The van der Waals surface area contributed by atoms with Crippen LogP contribution in [0.5, 0.6) is 0 Å². The zero-order valence-electron chi connectivity index (χ0n) is 10.8. The van der Waals surface area contributed by atoms with Gasteiger partial charge in [-0.1, -0.05) is 13.0 Å². The van der Waals surface area contributed by atoms with E-state index in [9.17, 15) is 0 Å². The molecule has 0 atom stereocenters. The molecule has 1 aromatic heterocycles. The van der Waals surface area contributed by atoms with Crippen LogP contribution in [0.15, 0.2) is 34.9 Å². The molecule has 18 heavy (non-hydrogen) atoms. The molecule has 2 aromatic rings.